The van der Waals surface area contributed by atoms with Gasteiger partial charge >= 0.3 is 11.9 Å². The molecular weight excluding hydrogens is 456 g/mol. The average Bonchev–Trinajstić information content (AvgIpc) is 2.77. The van der Waals surface area contributed by atoms with E-state index in [-0.39, 0.29) is 22.8 Å². The Morgan fingerprint density at radius 1 is 0.735 bits per heavy atom. The number of hydrogen-bond acceptors (Lipinski definition) is 5. The van der Waals surface area contributed by atoms with E-state index in [0.717, 1.165) is 27.8 Å². The summed E-state index contributed by atoms with van der Waals surface area (Å²) in [4.78, 5) is 48.2. The first-order valence-electron chi connectivity index (χ1n) is 10.2. The first-order valence-corrected chi connectivity index (χ1v) is 11.1. The number of carboxylic acid groups (broad SMARTS) is 2. The number of carbonyl (C=O) groups is 4. The van der Waals surface area contributed by atoms with Crippen LogP contribution in [0.15, 0.2) is 65.6 Å². The monoisotopic (exact) mass is 478 g/mol. The Labute approximate surface area is 200 Å². The highest BCUT2D eigenvalue weighted by Gasteiger charge is 2.19. The first-order chi connectivity index (χ1) is 16.1. The van der Waals surface area contributed by atoms with E-state index >= 15 is 0 Å². The van der Waals surface area contributed by atoms with Crippen molar-refractivity contribution >= 4 is 46.9 Å². The zero-order valence-corrected chi connectivity index (χ0v) is 19.2. The minimum absolute atomic E-state index is 0.140. The Hall–Kier alpha value is -4.11. The Morgan fingerprint density at radius 3 is 1.97 bits per heavy atom. The van der Waals surface area contributed by atoms with Crippen LogP contribution in [-0.2, 0) is 4.79 Å². The molecular formula is C25H22N2O6S. The highest BCUT2D eigenvalue weighted by Crippen LogP contribution is 2.22. The lowest BCUT2D eigenvalue weighted by atomic mass is 10.0. The molecule has 0 heterocycles. The van der Waals surface area contributed by atoms with Crippen LogP contribution in [0.25, 0.3) is 0 Å². The van der Waals surface area contributed by atoms with E-state index in [4.69, 9.17) is 5.11 Å². The van der Waals surface area contributed by atoms with E-state index in [2.05, 4.69) is 10.6 Å². The number of amides is 2. The molecule has 8 nitrogen and oxygen atoms in total. The maximum absolute atomic E-state index is 12.6. The van der Waals surface area contributed by atoms with Crippen LogP contribution in [0.5, 0.6) is 0 Å². The molecule has 3 aromatic rings. The minimum Gasteiger partial charge on any atom is -0.478 e. The molecule has 3 aromatic carbocycles. The van der Waals surface area contributed by atoms with Crippen LogP contribution >= 0.6 is 11.8 Å². The van der Waals surface area contributed by atoms with Crippen LogP contribution in [0, 0.1) is 13.8 Å². The highest BCUT2D eigenvalue weighted by atomic mass is 32.2. The molecule has 0 unspecified atom stereocenters. The lowest BCUT2D eigenvalue weighted by Crippen LogP contribution is -2.17. The molecule has 2 amide bonds. The second kappa shape index (κ2) is 10.7. The molecule has 0 aliphatic rings. The van der Waals surface area contributed by atoms with Crippen LogP contribution in [-0.4, -0.2) is 39.7 Å². The Morgan fingerprint density at radius 2 is 1.38 bits per heavy atom. The largest absolute Gasteiger partial charge is 0.478 e. The first kappa shape index (κ1) is 24.5. The predicted octanol–water partition coefficient (Wildman–Crippen LogP) is 4.68. The Bertz CT molecular complexity index is 1250. The van der Waals surface area contributed by atoms with Gasteiger partial charge in [-0.2, -0.15) is 0 Å². The lowest BCUT2D eigenvalue weighted by molar-refractivity contribution is -0.113. The number of anilines is 2. The molecule has 0 atom stereocenters. The summed E-state index contributed by atoms with van der Waals surface area (Å²) >= 11 is 1.33. The second-order valence-corrected chi connectivity index (χ2v) is 8.61. The number of aryl methyl sites for hydroxylation is 2. The van der Waals surface area contributed by atoms with E-state index in [1.807, 2.05) is 32.0 Å². The average molecular weight is 479 g/mol. The van der Waals surface area contributed by atoms with Crippen LogP contribution in [0.2, 0.25) is 0 Å². The molecule has 3 rings (SSSR count). The van der Waals surface area contributed by atoms with Crippen molar-refractivity contribution in [3.63, 3.8) is 0 Å². The molecule has 0 aliphatic heterocycles. The van der Waals surface area contributed by atoms with Crippen molar-refractivity contribution < 1.29 is 29.4 Å². The summed E-state index contributed by atoms with van der Waals surface area (Å²) in [5.74, 6) is -3.30. The number of thioether (sulfide) groups is 1. The summed E-state index contributed by atoms with van der Waals surface area (Å²) in [6.07, 6.45) is 0. The van der Waals surface area contributed by atoms with Crippen LogP contribution in [0.4, 0.5) is 11.4 Å². The highest BCUT2D eigenvalue weighted by molar-refractivity contribution is 8.00. The van der Waals surface area contributed by atoms with Gasteiger partial charge in [0, 0.05) is 16.3 Å². The molecule has 0 saturated heterocycles. The molecule has 0 spiro atoms. The number of benzene rings is 3. The Kier molecular flexibility index (Phi) is 7.70. The van der Waals surface area contributed by atoms with Gasteiger partial charge in [-0.3, -0.25) is 9.59 Å². The van der Waals surface area contributed by atoms with Gasteiger partial charge in [0.2, 0.25) is 5.91 Å². The summed E-state index contributed by atoms with van der Waals surface area (Å²) in [7, 11) is 0. The van der Waals surface area contributed by atoms with Crippen molar-refractivity contribution in [2.45, 2.75) is 18.7 Å². The molecule has 4 N–H and O–H groups in total. The van der Waals surface area contributed by atoms with E-state index in [9.17, 15) is 24.3 Å². The van der Waals surface area contributed by atoms with Gasteiger partial charge in [-0.25, -0.2) is 9.59 Å². The topological polar surface area (TPSA) is 133 Å². The van der Waals surface area contributed by atoms with Gasteiger partial charge in [-0.15, -0.1) is 11.8 Å². The molecule has 174 valence electrons. The Balaban J connectivity index is 1.60. The maximum atomic E-state index is 12.6. The quantitative estimate of drug-likeness (QED) is 0.345. The second-order valence-electron chi connectivity index (χ2n) is 7.56. The SMILES string of the molecule is Cc1cc(C)cc(NC(=O)CSc2ccc(NC(=O)c3ccc(C(=O)O)cc3C(=O)O)cc2)c1. The summed E-state index contributed by atoms with van der Waals surface area (Å²) in [5.41, 5.74) is 2.52. The lowest BCUT2D eigenvalue weighted by Gasteiger charge is -2.10. The molecule has 0 bridgehead atoms. The molecule has 0 aliphatic carbocycles. The van der Waals surface area contributed by atoms with Crippen molar-refractivity contribution in [3.8, 4) is 0 Å². The van der Waals surface area contributed by atoms with Crippen molar-refractivity contribution in [2.75, 3.05) is 16.4 Å². The fourth-order valence-electron chi connectivity index (χ4n) is 3.28. The fourth-order valence-corrected chi connectivity index (χ4v) is 3.98. The van der Waals surface area contributed by atoms with Crippen LogP contribution in [0.3, 0.4) is 0 Å². The number of carboxylic acids is 2. The van der Waals surface area contributed by atoms with Gasteiger partial charge in [-0.05, 0) is 79.6 Å². The number of rotatable bonds is 8. The van der Waals surface area contributed by atoms with E-state index in [1.165, 1.54) is 23.9 Å². The van der Waals surface area contributed by atoms with Crippen molar-refractivity contribution in [3.05, 3.63) is 88.5 Å². The normalized spacial score (nSPS) is 10.4. The zero-order valence-electron chi connectivity index (χ0n) is 18.4. The van der Waals surface area contributed by atoms with Crippen molar-refractivity contribution in [1.29, 1.82) is 0 Å². The van der Waals surface area contributed by atoms with Crippen LogP contribution in [0.1, 0.15) is 42.2 Å². The third kappa shape index (κ3) is 6.46. The smallest absolute Gasteiger partial charge is 0.336 e. The number of carbonyl (C=O) groups excluding carboxylic acids is 2. The third-order valence-corrected chi connectivity index (χ3v) is 5.74. The maximum Gasteiger partial charge on any atom is 0.336 e. The van der Waals surface area contributed by atoms with E-state index < -0.39 is 23.4 Å². The summed E-state index contributed by atoms with van der Waals surface area (Å²) in [6.45, 7) is 3.93. The molecule has 0 fully saturated rings. The van der Waals surface area contributed by atoms with Crippen LogP contribution < -0.4 is 10.6 Å². The number of aromatic carboxylic acids is 2. The van der Waals surface area contributed by atoms with Gasteiger partial charge in [0.25, 0.3) is 5.91 Å². The van der Waals surface area contributed by atoms with Gasteiger partial charge in [-0.1, -0.05) is 6.07 Å². The van der Waals surface area contributed by atoms with Gasteiger partial charge in [0.05, 0.1) is 22.4 Å². The molecule has 34 heavy (non-hydrogen) atoms. The predicted molar refractivity (Wildman–Crippen MR) is 130 cm³/mol. The van der Waals surface area contributed by atoms with Gasteiger partial charge in [0.1, 0.15) is 0 Å². The molecule has 0 aromatic heterocycles. The summed E-state index contributed by atoms with van der Waals surface area (Å²) < 4.78 is 0. The molecule has 0 radical (unpaired) electrons. The summed E-state index contributed by atoms with van der Waals surface area (Å²) in [6, 6.07) is 15.8. The van der Waals surface area contributed by atoms with Crippen molar-refractivity contribution in [1.82, 2.24) is 0 Å². The summed E-state index contributed by atoms with van der Waals surface area (Å²) in [5, 5.41) is 23.8. The standard InChI is InChI=1S/C25H22N2O6S/c1-14-9-15(2)11-18(10-14)26-22(28)13-34-19-6-4-17(5-7-19)27-23(29)20-8-3-16(24(30)31)12-21(20)25(32)33/h3-12H,13H2,1-2H3,(H,26,28)(H,27,29)(H,30,31)(H,32,33). The third-order valence-electron chi connectivity index (χ3n) is 4.73. The van der Waals surface area contributed by atoms with E-state index in [0.29, 0.717) is 5.69 Å². The minimum atomic E-state index is -1.40. The van der Waals surface area contributed by atoms with E-state index in [1.54, 1.807) is 24.3 Å². The number of hydrogen-bond donors (Lipinski definition) is 4. The zero-order chi connectivity index (χ0) is 24.8. The molecule has 9 heteroatoms. The van der Waals surface area contributed by atoms with Gasteiger partial charge in [0.15, 0.2) is 0 Å². The van der Waals surface area contributed by atoms with Gasteiger partial charge < -0.3 is 20.8 Å². The number of nitrogens with one attached hydrogen (secondary N) is 2. The molecule has 0 saturated carbocycles. The van der Waals surface area contributed by atoms with Crippen molar-refractivity contribution in [2.24, 2.45) is 0 Å². The fraction of sp³-hybridized carbons (Fsp3) is 0.120.